The number of aromatic nitrogens is 1. The molecule has 0 unspecified atom stereocenters. The van der Waals surface area contributed by atoms with Gasteiger partial charge < -0.3 is 15.4 Å². The van der Waals surface area contributed by atoms with Crippen molar-refractivity contribution >= 4 is 56.9 Å². The normalized spacial score (nSPS) is 16.1. The number of thioether (sulfide) groups is 1. The number of fused-ring (bicyclic) bond motifs is 1. The summed E-state index contributed by atoms with van der Waals surface area (Å²) in [7, 11) is 0. The Morgan fingerprint density at radius 1 is 1.23 bits per heavy atom. The number of rotatable bonds is 8. The third-order valence-electron chi connectivity index (χ3n) is 4.74. The highest BCUT2D eigenvalue weighted by Crippen LogP contribution is 2.31. The van der Waals surface area contributed by atoms with Crippen LogP contribution < -0.4 is 10.6 Å². The van der Waals surface area contributed by atoms with Crippen molar-refractivity contribution in [1.82, 2.24) is 10.3 Å². The van der Waals surface area contributed by atoms with Crippen molar-refractivity contribution in [3.63, 3.8) is 0 Å². The summed E-state index contributed by atoms with van der Waals surface area (Å²) in [6.45, 7) is 1.35. The van der Waals surface area contributed by atoms with Gasteiger partial charge in [0.2, 0.25) is 11.8 Å². The van der Waals surface area contributed by atoms with Gasteiger partial charge in [0.15, 0.2) is 4.34 Å². The van der Waals surface area contributed by atoms with Crippen molar-refractivity contribution in [2.45, 2.75) is 23.3 Å². The van der Waals surface area contributed by atoms with Gasteiger partial charge in [0, 0.05) is 24.9 Å². The van der Waals surface area contributed by atoms with E-state index in [1.807, 2.05) is 48.5 Å². The van der Waals surface area contributed by atoms with Gasteiger partial charge in [-0.05, 0) is 42.7 Å². The minimum absolute atomic E-state index is 0.0158. The number of hydrogen-bond acceptors (Lipinski definition) is 6. The number of anilines is 1. The zero-order valence-electron chi connectivity index (χ0n) is 16.9. The molecule has 2 amide bonds. The summed E-state index contributed by atoms with van der Waals surface area (Å²) < 4.78 is 7.31. The highest BCUT2D eigenvalue weighted by atomic mass is 32.2. The fourth-order valence-electron chi connectivity index (χ4n) is 3.17. The van der Waals surface area contributed by atoms with E-state index in [1.165, 1.54) is 29.2 Å². The molecule has 0 aliphatic carbocycles. The Kier molecular flexibility index (Phi) is 7.35. The first kappa shape index (κ1) is 21.5. The molecule has 2 N–H and O–H groups in total. The number of carbonyl (C=O) groups excluding carboxylic acids is 2. The molecule has 1 aliphatic rings. The molecular weight excluding hydrogens is 430 g/mol. The average Bonchev–Trinajstić information content (AvgIpc) is 3.45. The van der Waals surface area contributed by atoms with Gasteiger partial charge in [-0.15, -0.1) is 11.3 Å². The summed E-state index contributed by atoms with van der Waals surface area (Å²) in [5.74, 6) is 0.114. The van der Waals surface area contributed by atoms with E-state index < -0.39 is 0 Å². The maximum absolute atomic E-state index is 12.2. The zero-order chi connectivity index (χ0) is 21.5. The summed E-state index contributed by atoms with van der Waals surface area (Å²) >= 11 is 2.93. The molecular formula is C23H23N3O3S2. The summed E-state index contributed by atoms with van der Waals surface area (Å²) in [5.41, 5.74) is 2.53. The van der Waals surface area contributed by atoms with Crippen LogP contribution in [0.15, 0.2) is 58.9 Å². The maximum Gasteiger partial charge on any atom is 0.248 e. The third kappa shape index (κ3) is 6.40. The molecule has 6 nitrogen and oxygen atoms in total. The molecule has 160 valence electrons. The largest absolute Gasteiger partial charge is 0.376 e. The van der Waals surface area contributed by atoms with Gasteiger partial charge in [-0.25, -0.2) is 4.98 Å². The molecule has 2 heterocycles. The van der Waals surface area contributed by atoms with E-state index >= 15 is 0 Å². The quantitative estimate of drug-likeness (QED) is 0.392. The Morgan fingerprint density at radius 3 is 2.90 bits per heavy atom. The molecule has 1 aliphatic heterocycles. The van der Waals surface area contributed by atoms with E-state index in [1.54, 1.807) is 6.08 Å². The average molecular weight is 454 g/mol. The summed E-state index contributed by atoms with van der Waals surface area (Å²) in [6, 6.07) is 15.3. The van der Waals surface area contributed by atoms with Crippen LogP contribution in [0.2, 0.25) is 0 Å². The van der Waals surface area contributed by atoms with Gasteiger partial charge in [-0.3, -0.25) is 9.59 Å². The molecule has 1 aromatic heterocycles. The topological polar surface area (TPSA) is 80.3 Å². The van der Waals surface area contributed by atoms with Crippen LogP contribution in [0.5, 0.6) is 0 Å². The van der Waals surface area contributed by atoms with Crippen molar-refractivity contribution in [3.8, 4) is 0 Å². The van der Waals surface area contributed by atoms with Gasteiger partial charge in [0.25, 0.3) is 0 Å². The van der Waals surface area contributed by atoms with Crippen LogP contribution in [-0.2, 0) is 14.3 Å². The zero-order valence-corrected chi connectivity index (χ0v) is 18.5. The molecule has 0 radical (unpaired) electrons. The lowest BCUT2D eigenvalue weighted by Gasteiger charge is -2.09. The van der Waals surface area contributed by atoms with Gasteiger partial charge in [-0.1, -0.05) is 42.1 Å². The molecule has 2 aromatic carbocycles. The van der Waals surface area contributed by atoms with E-state index in [0.717, 1.165) is 39.6 Å². The van der Waals surface area contributed by atoms with Crippen LogP contribution in [0, 0.1) is 0 Å². The summed E-state index contributed by atoms with van der Waals surface area (Å²) in [6.07, 6.45) is 5.51. The molecule has 1 fully saturated rings. The molecule has 1 atom stereocenters. The second kappa shape index (κ2) is 10.6. The third-order valence-corrected chi connectivity index (χ3v) is 6.90. The minimum Gasteiger partial charge on any atom is -0.376 e. The number of amides is 2. The fourth-order valence-corrected chi connectivity index (χ4v) is 5.11. The number of thiazole rings is 1. The molecule has 0 bridgehead atoms. The Hall–Kier alpha value is -2.68. The highest BCUT2D eigenvalue weighted by Gasteiger charge is 2.16. The van der Waals surface area contributed by atoms with Crippen molar-refractivity contribution in [1.29, 1.82) is 0 Å². The molecule has 8 heteroatoms. The van der Waals surface area contributed by atoms with Crippen LogP contribution in [-0.4, -0.2) is 41.8 Å². The van der Waals surface area contributed by atoms with E-state index in [9.17, 15) is 9.59 Å². The molecule has 31 heavy (non-hydrogen) atoms. The SMILES string of the molecule is O=C(/C=C/c1ccccc1)Nc1ccc2nc(SCC(=O)NC[C@H]3CCCO3)sc2c1. The maximum atomic E-state index is 12.2. The number of nitrogens with one attached hydrogen (secondary N) is 2. The van der Waals surface area contributed by atoms with E-state index in [0.29, 0.717) is 18.0 Å². The molecule has 0 spiro atoms. The van der Waals surface area contributed by atoms with Crippen LogP contribution in [0.1, 0.15) is 18.4 Å². The monoisotopic (exact) mass is 453 g/mol. The van der Waals surface area contributed by atoms with Crippen LogP contribution in [0.3, 0.4) is 0 Å². The second-order valence-electron chi connectivity index (χ2n) is 7.12. The second-order valence-corrected chi connectivity index (χ2v) is 9.38. The van der Waals surface area contributed by atoms with E-state index in [4.69, 9.17) is 4.74 Å². The number of hydrogen-bond donors (Lipinski definition) is 2. The first-order valence-electron chi connectivity index (χ1n) is 10.1. The Balaban J connectivity index is 1.29. The van der Waals surface area contributed by atoms with Gasteiger partial charge >= 0.3 is 0 Å². The Morgan fingerprint density at radius 2 is 2.10 bits per heavy atom. The van der Waals surface area contributed by atoms with Crippen LogP contribution >= 0.6 is 23.1 Å². The molecule has 0 saturated carbocycles. The molecule has 4 rings (SSSR count). The number of carbonyl (C=O) groups is 2. The van der Waals surface area contributed by atoms with E-state index in [2.05, 4.69) is 15.6 Å². The van der Waals surface area contributed by atoms with E-state index in [-0.39, 0.29) is 17.9 Å². The lowest BCUT2D eigenvalue weighted by molar-refractivity contribution is -0.119. The minimum atomic E-state index is -0.190. The smallest absolute Gasteiger partial charge is 0.248 e. The summed E-state index contributed by atoms with van der Waals surface area (Å²) in [5, 5.41) is 5.80. The van der Waals surface area contributed by atoms with Crippen molar-refractivity contribution < 1.29 is 14.3 Å². The fraction of sp³-hybridized carbons (Fsp3) is 0.261. The lowest BCUT2D eigenvalue weighted by atomic mass is 10.2. The first-order valence-corrected chi connectivity index (χ1v) is 11.9. The van der Waals surface area contributed by atoms with Crippen molar-refractivity contribution in [2.75, 3.05) is 24.2 Å². The van der Waals surface area contributed by atoms with Crippen LogP contribution in [0.4, 0.5) is 5.69 Å². The first-order chi connectivity index (χ1) is 15.2. The van der Waals surface area contributed by atoms with Crippen molar-refractivity contribution in [2.24, 2.45) is 0 Å². The predicted octanol–water partition coefficient (Wildman–Crippen LogP) is 4.34. The van der Waals surface area contributed by atoms with Gasteiger partial charge in [-0.2, -0.15) is 0 Å². The number of ether oxygens (including phenoxy) is 1. The predicted molar refractivity (Wildman–Crippen MR) is 126 cm³/mol. The standard InChI is InChI=1S/C23H23N3O3S2/c27-21(11-8-16-5-2-1-3-6-16)25-17-9-10-19-20(13-17)31-23(26-19)30-15-22(28)24-14-18-7-4-12-29-18/h1-3,5-6,8-11,13,18H,4,7,12,14-15H2,(H,24,28)(H,25,27)/b11-8+/t18-/m1/s1. The number of benzene rings is 2. The number of nitrogens with zero attached hydrogens (tertiary/aromatic N) is 1. The van der Waals surface area contributed by atoms with Crippen molar-refractivity contribution in [3.05, 3.63) is 60.2 Å². The van der Waals surface area contributed by atoms with Gasteiger partial charge in [0.1, 0.15) is 0 Å². The molecule has 3 aromatic rings. The summed E-state index contributed by atoms with van der Waals surface area (Å²) in [4.78, 5) is 28.8. The Labute approximate surface area is 189 Å². The highest BCUT2D eigenvalue weighted by molar-refractivity contribution is 8.01. The Bertz CT molecular complexity index is 1080. The molecule has 1 saturated heterocycles. The van der Waals surface area contributed by atoms with Crippen LogP contribution in [0.25, 0.3) is 16.3 Å². The lowest BCUT2D eigenvalue weighted by Crippen LogP contribution is -2.32. The van der Waals surface area contributed by atoms with Gasteiger partial charge in [0.05, 0.1) is 22.1 Å².